The lowest BCUT2D eigenvalue weighted by molar-refractivity contribution is -0.166. The third kappa shape index (κ3) is 3.10. The molecule has 3 aliphatic rings. The maximum Gasteiger partial charge on any atom is 0.313 e. The molecule has 2 unspecified atom stereocenters. The maximum absolute atomic E-state index is 11.7. The van der Waals surface area contributed by atoms with Crippen LogP contribution in [0.15, 0.2) is 0 Å². The van der Waals surface area contributed by atoms with Gasteiger partial charge in [-0.25, -0.2) is 0 Å². The van der Waals surface area contributed by atoms with Crippen LogP contribution >= 0.6 is 0 Å². The smallest absolute Gasteiger partial charge is 0.313 e. The first-order chi connectivity index (χ1) is 10.0. The second-order valence-electron chi connectivity index (χ2n) is 6.42. The predicted octanol–water partition coefficient (Wildman–Crippen LogP) is 1.15. The largest absolute Gasteiger partial charge is 0.436 e. The van der Waals surface area contributed by atoms with Crippen molar-refractivity contribution >= 4 is 17.9 Å². The first-order valence-corrected chi connectivity index (χ1v) is 7.65. The van der Waals surface area contributed by atoms with E-state index in [0.717, 1.165) is 25.7 Å². The lowest BCUT2D eigenvalue weighted by Gasteiger charge is -2.35. The summed E-state index contributed by atoms with van der Waals surface area (Å²) in [6.07, 6.45) is 3.68. The molecule has 0 radical (unpaired) electrons. The molecule has 0 bridgehead atoms. The fourth-order valence-corrected chi connectivity index (χ4v) is 4.03. The molecule has 6 nitrogen and oxygen atoms in total. The fourth-order valence-electron chi connectivity index (χ4n) is 4.03. The molecule has 0 aromatic rings. The number of carbonyl (C=O) groups excluding carboxylic acids is 3. The van der Waals surface area contributed by atoms with Gasteiger partial charge in [-0.15, -0.1) is 0 Å². The lowest BCUT2D eigenvalue weighted by Crippen LogP contribution is -2.33. The van der Waals surface area contributed by atoms with Crippen LogP contribution in [0, 0.1) is 23.7 Å². The van der Waals surface area contributed by atoms with E-state index in [2.05, 4.69) is 4.74 Å². The van der Waals surface area contributed by atoms with Crippen LogP contribution in [-0.4, -0.2) is 29.3 Å². The summed E-state index contributed by atoms with van der Waals surface area (Å²) in [6.45, 7) is 0. The van der Waals surface area contributed by atoms with Crippen molar-refractivity contribution in [2.24, 2.45) is 23.7 Å². The molecule has 3 fully saturated rings. The summed E-state index contributed by atoms with van der Waals surface area (Å²) in [6, 6.07) is 0. The highest BCUT2D eigenvalue weighted by atomic mass is 16.6. The van der Waals surface area contributed by atoms with Crippen LogP contribution in [0.1, 0.15) is 44.9 Å². The second kappa shape index (κ2) is 5.75. The number of cyclic esters (lactones) is 3. The van der Waals surface area contributed by atoms with Gasteiger partial charge in [-0.3, -0.25) is 14.4 Å². The zero-order valence-corrected chi connectivity index (χ0v) is 11.8. The van der Waals surface area contributed by atoms with Gasteiger partial charge in [0, 0.05) is 19.3 Å². The van der Waals surface area contributed by atoms with Crippen LogP contribution in [0.5, 0.6) is 0 Å². The van der Waals surface area contributed by atoms with Gasteiger partial charge in [0.2, 0.25) is 6.29 Å². The van der Waals surface area contributed by atoms with Gasteiger partial charge in [0.15, 0.2) is 0 Å². The first-order valence-electron chi connectivity index (χ1n) is 7.65. The van der Waals surface area contributed by atoms with Crippen LogP contribution in [0.4, 0.5) is 0 Å². The normalized spacial score (nSPS) is 38.2. The SMILES string of the molecule is O=C1CC(C2CCC(C3CC(O)OC3=O)CC2)CC(=O)O1. The van der Waals surface area contributed by atoms with Crippen LogP contribution < -0.4 is 0 Å². The standard InChI is InChI=1S/C15H20O6/c16-12-5-10(6-13(17)20-12)8-1-3-9(4-2-8)11-7-14(18)21-15(11)19/h8-11,14,18H,1-7H2. The molecule has 2 atom stereocenters. The minimum atomic E-state index is -0.953. The molecular formula is C15H20O6. The summed E-state index contributed by atoms with van der Waals surface area (Å²) in [4.78, 5) is 34.4. The highest BCUT2D eigenvalue weighted by molar-refractivity contribution is 5.88. The molecule has 3 rings (SSSR count). The van der Waals surface area contributed by atoms with Crippen LogP contribution in [-0.2, 0) is 23.9 Å². The third-order valence-electron chi connectivity index (χ3n) is 5.15. The van der Waals surface area contributed by atoms with Crippen molar-refractivity contribution < 1.29 is 29.0 Å². The quantitative estimate of drug-likeness (QED) is 0.607. The fraction of sp³-hybridized carbons (Fsp3) is 0.800. The molecule has 2 aliphatic heterocycles. The Kier molecular flexibility index (Phi) is 3.97. The Morgan fingerprint density at radius 3 is 1.95 bits per heavy atom. The van der Waals surface area contributed by atoms with Crippen molar-refractivity contribution in [3.63, 3.8) is 0 Å². The molecular weight excluding hydrogens is 276 g/mol. The molecule has 0 amide bonds. The Labute approximate surface area is 122 Å². The number of rotatable bonds is 2. The summed E-state index contributed by atoms with van der Waals surface area (Å²) in [5.74, 6) is -0.638. The van der Waals surface area contributed by atoms with Gasteiger partial charge in [0.05, 0.1) is 5.92 Å². The average molecular weight is 296 g/mol. The third-order valence-corrected chi connectivity index (χ3v) is 5.15. The molecule has 2 saturated heterocycles. The Bertz CT molecular complexity index is 435. The molecule has 21 heavy (non-hydrogen) atoms. The molecule has 116 valence electrons. The number of aliphatic hydroxyl groups excluding tert-OH is 1. The van der Waals surface area contributed by atoms with E-state index in [4.69, 9.17) is 4.74 Å². The van der Waals surface area contributed by atoms with Crippen molar-refractivity contribution in [3.05, 3.63) is 0 Å². The van der Waals surface area contributed by atoms with Crippen molar-refractivity contribution in [2.45, 2.75) is 51.2 Å². The van der Waals surface area contributed by atoms with Gasteiger partial charge in [0.1, 0.15) is 0 Å². The molecule has 0 aromatic heterocycles. The molecule has 0 aromatic carbocycles. The van der Waals surface area contributed by atoms with Gasteiger partial charge in [0.25, 0.3) is 0 Å². The van der Waals surface area contributed by atoms with Crippen molar-refractivity contribution in [1.82, 2.24) is 0 Å². The number of aliphatic hydroxyl groups is 1. The maximum atomic E-state index is 11.7. The zero-order valence-electron chi connectivity index (χ0n) is 11.8. The van der Waals surface area contributed by atoms with Crippen LogP contribution in [0.25, 0.3) is 0 Å². The molecule has 1 saturated carbocycles. The molecule has 2 heterocycles. The highest BCUT2D eigenvalue weighted by Gasteiger charge is 2.42. The number of hydrogen-bond donors (Lipinski definition) is 1. The number of carbonyl (C=O) groups is 3. The Hall–Kier alpha value is -1.43. The summed E-state index contributed by atoms with van der Waals surface area (Å²) in [5.41, 5.74) is 0. The average Bonchev–Trinajstić information content (AvgIpc) is 2.77. The summed E-state index contributed by atoms with van der Waals surface area (Å²) in [5, 5.41) is 9.38. The van der Waals surface area contributed by atoms with E-state index in [1.165, 1.54) is 0 Å². The van der Waals surface area contributed by atoms with E-state index in [0.29, 0.717) is 25.2 Å². The number of hydrogen-bond acceptors (Lipinski definition) is 6. The van der Waals surface area contributed by atoms with Gasteiger partial charge in [-0.1, -0.05) is 0 Å². The number of esters is 3. The minimum absolute atomic E-state index is 0.0841. The Morgan fingerprint density at radius 2 is 1.43 bits per heavy atom. The predicted molar refractivity (Wildman–Crippen MR) is 69.5 cm³/mol. The summed E-state index contributed by atoms with van der Waals surface area (Å²) < 4.78 is 9.38. The summed E-state index contributed by atoms with van der Waals surface area (Å²) >= 11 is 0. The Balaban J connectivity index is 1.54. The van der Waals surface area contributed by atoms with Gasteiger partial charge >= 0.3 is 17.9 Å². The van der Waals surface area contributed by atoms with Crippen molar-refractivity contribution in [2.75, 3.05) is 0 Å². The van der Waals surface area contributed by atoms with E-state index in [9.17, 15) is 19.5 Å². The van der Waals surface area contributed by atoms with Gasteiger partial charge in [-0.05, 0) is 43.4 Å². The second-order valence-corrected chi connectivity index (χ2v) is 6.42. The topological polar surface area (TPSA) is 89.9 Å². The van der Waals surface area contributed by atoms with Crippen molar-refractivity contribution in [3.8, 4) is 0 Å². The van der Waals surface area contributed by atoms with E-state index in [1.807, 2.05) is 0 Å². The van der Waals surface area contributed by atoms with Crippen molar-refractivity contribution in [1.29, 1.82) is 0 Å². The van der Waals surface area contributed by atoms with Crippen LogP contribution in [0.3, 0.4) is 0 Å². The van der Waals surface area contributed by atoms with Crippen LogP contribution in [0.2, 0.25) is 0 Å². The first kappa shape index (κ1) is 14.5. The highest BCUT2D eigenvalue weighted by Crippen LogP contribution is 2.42. The van der Waals surface area contributed by atoms with E-state index in [-0.39, 0.29) is 23.7 Å². The molecule has 0 spiro atoms. The molecule has 1 N–H and O–H groups in total. The van der Waals surface area contributed by atoms with E-state index in [1.54, 1.807) is 0 Å². The number of ether oxygens (including phenoxy) is 2. The monoisotopic (exact) mass is 296 g/mol. The summed E-state index contributed by atoms with van der Waals surface area (Å²) in [7, 11) is 0. The Morgan fingerprint density at radius 1 is 0.857 bits per heavy atom. The lowest BCUT2D eigenvalue weighted by atomic mass is 9.70. The van der Waals surface area contributed by atoms with Gasteiger partial charge < -0.3 is 14.6 Å². The zero-order chi connectivity index (χ0) is 15.0. The van der Waals surface area contributed by atoms with E-state index >= 15 is 0 Å². The molecule has 6 heteroatoms. The van der Waals surface area contributed by atoms with Gasteiger partial charge in [-0.2, -0.15) is 0 Å². The minimum Gasteiger partial charge on any atom is -0.436 e. The van der Waals surface area contributed by atoms with E-state index < -0.39 is 18.2 Å². The molecule has 1 aliphatic carbocycles.